The predicted molar refractivity (Wildman–Crippen MR) is 76.7 cm³/mol. The van der Waals surface area contributed by atoms with Gasteiger partial charge in [0.1, 0.15) is 0 Å². The molecule has 1 aromatic rings. The summed E-state index contributed by atoms with van der Waals surface area (Å²) in [4.78, 5) is 35.7. The average Bonchev–Trinajstić information content (AvgIpc) is 2.50. The van der Waals surface area contributed by atoms with E-state index in [0.29, 0.717) is 13.2 Å². The Morgan fingerprint density at radius 3 is 2.27 bits per heavy atom. The molecule has 1 aliphatic heterocycles. The first-order chi connectivity index (χ1) is 10.4. The minimum atomic E-state index is -0.644. The monoisotopic (exact) mass is 307 g/mol. The highest BCUT2D eigenvalue weighted by molar-refractivity contribution is 6.04. The third-order valence-electron chi connectivity index (χ3n) is 3.48. The number of amides is 1. The van der Waals surface area contributed by atoms with Gasteiger partial charge in [-0.05, 0) is 25.1 Å². The molecule has 22 heavy (non-hydrogen) atoms. The van der Waals surface area contributed by atoms with Gasteiger partial charge in [-0.1, -0.05) is 0 Å². The molecule has 1 saturated heterocycles. The zero-order chi connectivity index (χ0) is 16.3. The maximum Gasteiger partial charge on any atom is 0.339 e. The molecule has 1 heterocycles. The highest BCUT2D eigenvalue weighted by Gasteiger charge is 2.41. The first-order valence-electron chi connectivity index (χ1n) is 6.61. The standard InChI is InChI=1S/C15H17NO6/c1-15(7-22-8-15)14(19)16-11-6-9(12(17)20-2)4-5-10(11)13(18)21-3/h4-6H,7-8H2,1-3H3,(H,16,19). The van der Waals surface area contributed by atoms with E-state index in [1.54, 1.807) is 6.92 Å². The van der Waals surface area contributed by atoms with Crippen molar-refractivity contribution in [2.75, 3.05) is 32.8 Å². The van der Waals surface area contributed by atoms with Gasteiger partial charge in [0.25, 0.3) is 0 Å². The van der Waals surface area contributed by atoms with Crippen LogP contribution in [0, 0.1) is 5.41 Å². The molecule has 1 aromatic carbocycles. The third-order valence-corrected chi connectivity index (χ3v) is 3.48. The van der Waals surface area contributed by atoms with E-state index < -0.39 is 17.4 Å². The van der Waals surface area contributed by atoms with Crippen LogP contribution in [-0.2, 0) is 19.0 Å². The van der Waals surface area contributed by atoms with Crippen molar-refractivity contribution in [3.05, 3.63) is 29.3 Å². The van der Waals surface area contributed by atoms with E-state index in [0.717, 1.165) is 0 Å². The molecule has 0 radical (unpaired) electrons. The molecule has 0 unspecified atom stereocenters. The van der Waals surface area contributed by atoms with Crippen LogP contribution in [0.5, 0.6) is 0 Å². The molecule has 0 saturated carbocycles. The van der Waals surface area contributed by atoms with E-state index in [1.807, 2.05) is 0 Å². The number of carbonyl (C=O) groups excluding carboxylic acids is 3. The maximum atomic E-state index is 12.3. The summed E-state index contributed by atoms with van der Waals surface area (Å²) in [5.41, 5.74) is -0.0602. The highest BCUT2D eigenvalue weighted by atomic mass is 16.5. The summed E-state index contributed by atoms with van der Waals surface area (Å²) < 4.78 is 14.4. The molecule has 0 aromatic heterocycles. The number of nitrogens with one attached hydrogen (secondary N) is 1. The number of carbonyl (C=O) groups is 3. The number of anilines is 1. The molecule has 7 nitrogen and oxygen atoms in total. The van der Waals surface area contributed by atoms with Gasteiger partial charge in [0.05, 0.1) is 49.7 Å². The Morgan fingerprint density at radius 1 is 1.14 bits per heavy atom. The normalized spacial score (nSPS) is 15.4. The van der Waals surface area contributed by atoms with Crippen LogP contribution in [0.25, 0.3) is 0 Å². The smallest absolute Gasteiger partial charge is 0.339 e. The Bertz CT molecular complexity index is 620. The van der Waals surface area contributed by atoms with Gasteiger partial charge in [-0.15, -0.1) is 0 Å². The summed E-state index contributed by atoms with van der Waals surface area (Å²) in [6.45, 7) is 2.37. The molecule has 0 spiro atoms. The lowest BCUT2D eigenvalue weighted by Crippen LogP contribution is -2.49. The van der Waals surface area contributed by atoms with E-state index in [4.69, 9.17) is 4.74 Å². The van der Waals surface area contributed by atoms with E-state index >= 15 is 0 Å². The molecule has 2 rings (SSSR count). The summed E-state index contributed by atoms with van der Waals surface area (Å²) >= 11 is 0. The Hall–Kier alpha value is -2.41. The van der Waals surface area contributed by atoms with Gasteiger partial charge >= 0.3 is 11.9 Å². The molecule has 0 bridgehead atoms. The van der Waals surface area contributed by atoms with Crippen molar-refractivity contribution >= 4 is 23.5 Å². The van der Waals surface area contributed by atoms with Gasteiger partial charge in [-0.25, -0.2) is 9.59 Å². The SMILES string of the molecule is COC(=O)c1ccc(C(=O)OC)c(NC(=O)C2(C)COC2)c1. The minimum Gasteiger partial charge on any atom is -0.465 e. The van der Waals surface area contributed by atoms with Crippen molar-refractivity contribution in [3.8, 4) is 0 Å². The first-order valence-corrected chi connectivity index (χ1v) is 6.61. The Kier molecular flexibility index (Phi) is 4.46. The van der Waals surface area contributed by atoms with Crippen LogP contribution < -0.4 is 5.32 Å². The number of hydrogen-bond donors (Lipinski definition) is 1. The fourth-order valence-electron chi connectivity index (χ4n) is 1.99. The zero-order valence-electron chi connectivity index (χ0n) is 12.6. The lowest BCUT2D eigenvalue weighted by molar-refractivity contribution is -0.151. The van der Waals surface area contributed by atoms with E-state index in [1.165, 1.54) is 32.4 Å². The quantitative estimate of drug-likeness (QED) is 0.841. The first kappa shape index (κ1) is 16.0. The van der Waals surface area contributed by atoms with Gasteiger partial charge in [0.2, 0.25) is 5.91 Å². The molecule has 0 atom stereocenters. The summed E-state index contributed by atoms with van der Waals surface area (Å²) in [6.07, 6.45) is 0. The number of methoxy groups -OCH3 is 2. The van der Waals surface area contributed by atoms with Crippen molar-refractivity contribution in [3.63, 3.8) is 0 Å². The molecule has 0 aliphatic carbocycles. The average molecular weight is 307 g/mol. The lowest BCUT2D eigenvalue weighted by Gasteiger charge is -2.36. The summed E-state index contributed by atoms with van der Waals surface area (Å²) in [5.74, 6) is -1.46. The Balaban J connectivity index is 2.34. The number of esters is 2. The molecule has 1 N–H and O–H groups in total. The van der Waals surface area contributed by atoms with Crippen molar-refractivity contribution in [2.24, 2.45) is 5.41 Å². The van der Waals surface area contributed by atoms with Crippen LogP contribution >= 0.6 is 0 Å². The second kappa shape index (κ2) is 6.15. The summed E-state index contributed by atoms with van der Waals surface area (Å²) in [5, 5.41) is 2.66. The number of rotatable bonds is 4. The van der Waals surface area contributed by atoms with Crippen molar-refractivity contribution in [1.82, 2.24) is 0 Å². The van der Waals surface area contributed by atoms with Crippen LogP contribution in [-0.4, -0.2) is 45.3 Å². The van der Waals surface area contributed by atoms with E-state index in [2.05, 4.69) is 14.8 Å². The van der Waals surface area contributed by atoms with Gasteiger partial charge < -0.3 is 19.5 Å². The fourth-order valence-corrected chi connectivity index (χ4v) is 1.99. The second-order valence-electron chi connectivity index (χ2n) is 5.25. The van der Waals surface area contributed by atoms with Crippen LogP contribution in [0.4, 0.5) is 5.69 Å². The van der Waals surface area contributed by atoms with Crippen molar-refractivity contribution in [2.45, 2.75) is 6.92 Å². The van der Waals surface area contributed by atoms with E-state index in [-0.39, 0.29) is 22.7 Å². The second-order valence-corrected chi connectivity index (χ2v) is 5.25. The number of benzene rings is 1. The Labute approximate surface area is 127 Å². The molecule has 1 fully saturated rings. The predicted octanol–water partition coefficient (Wildman–Crippen LogP) is 1.23. The minimum absolute atomic E-state index is 0.160. The zero-order valence-corrected chi connectivity index (χ0v) is 12.6. The lowest BCUT2D eigenvalue weighted by atomic mass is 9.87. The molecular weight excluding hydrogens is 290 g/mol. The van der Waals surface area contributed by atoms with Crippen molar-refractivity contribution < 1.29 is 28.6 Å². The fraction of sp³-hybridized carbons (Fsp3) is 0.400. The number of hydrogen-bond acceptors (Lipinski definition) is 6. The van der Waals surface area contributed by atoms with Crippen LogP contribution in [0.15, 0.2) is 18.2 Å². The summed E-state index contributed by atoms with van der Waals surface area (Å²) in [7, 11) is 2.49. The van der Waals surface area contributed by atoms with Gasteiger partial charge in [0, 0.05) is 0 Å². The van der Waals surface area contributed by atoms with Crippen LogP contribution in [0.2, 0.25) is 0 Å². The van der Waals surface area contributed by atoms with Crippen molar-refractivity contribution in [1.29, 1.82) is 0 Å². The molecule has 118 valence electrons. The Morgan fingerprint density at radius 2 is 1.77 bits per heavy atom. The molecule has 1 aliphatic rings. The third kappa shape index (κ3) is 2.94. The topological polar surface area (TPSA) is 90.9 Å². The number of ether oxygens (including phenoxy) is 3. The molecular formula is C15H17NO6. The largest absolute Gasteiger partial charge is 0.465 e. The van der Waals surface area contributed by atoms with Crippen LogP contribution in [0.1, 0.15) is 27.6 Å². The van der Waals surface area contributed by atoms with Gasteiger partial charge in [-0.2, -0.15) is 0 Å². The van der Waals surface area contributed by atoms with E-state index in [9.17, 15) is 14.4 Å². The van der Waals surface area contributed by atoms with Gasteiger partial charge in [-0.3, -0.25) is 4.79 Å². The molecule has 1 amide bonds. The maximum absolute atomic E-state index is 12.3. The van der Waals surface area contributed by atoms with Gasteiger partial charge in [0.15, 0.2) is 0 Å². The highest BCUT2D eigenvalue weighted by Crippen LogP contribution is 2.29. The van der Waals surface area contributed by atoms with Crippen LogP contribution in [0.3, 0.4) is 0 Å². The molecule has 7 heteroatoms. The summed E-state index contributed by atoms with van der Waals surface area (Å²) in [6, 6.07) is 4.23.